The molecule has 3 aromatic rings. The molecule has 0 aliphatic heterocycles. The Labute approximate surface area is 139 Å². The summed E-state index contributed by atoms with van der Waals surface area (Å²) in [4.78, 5) is 12.2. The van der Waals surface area contributed by atoms with Gasteiger partial charge in [0.05, 0.1) is 5.69 Å². The molecular formula is C16H18N4O3S. The lowest BCUT2D eigenvalue weighted by Gasteiger charge is -2.11. The molecule has 0 spiro atoms. The van der Waals surface area contributed by atoms with Gasteiger partial charge in [-0.15, -0.1) is 0 Å². The lowest BCUT2D eigenvalue weighted by Crippen LogP contribution is -2.22. The van der Waals surface area contributed by atoms with Gasteiger partial charge in [0.15, 0.2) is 0 Å². The molecule has 0 saturated carbocycles. The largest absolute Gasteiger partial charge is 0.298 e. The second-order valence-electron chi connectivity index (χ2n) is 5.76. The van der Waals surface area contributed by atoms with Gasteiger partial charge < -0.3 is 0 Å². The van der Waals surface area contributed by atoms with Crippen LogP contribution in [0.4, 0.5) is 5.69 Å². The number of sulfonamides is 1. The Morgan fingerprint density at radius 1 is 1.17 bits per heavy atom. The molecule has 0 aliphatic rings. The second-order valence-corrected chi connectivity index (χ2v) is 7.44. The summed E-state index contributed by atoms with van der Waals surface area (Å²) in [6, 6.07) is 6.78. The van der Waals surface area contributed by atoms with E-state index in [0.29, 0.717) is 11.5 Å². The van der Waals surface area contributed by atoms with Gasteiger partial charge in [0.1, 0.15) is 16.2 Å². The zero-order valence-electron chi connectivity index (χ0n) is 13.9. The summed E-state index contributed by atoms with van der Waals surface area (Å²) in [5.41, 5.74) is 2.29. The average Bonchev–Trinajstić information content (AvgIpc) is 2.96. The summed E-state index contributed by atoms with van der Waals surface area (Å²) in [6.07, 6.45) is 1.41. The third-order valence-corrected chi connectivity index (χ3v) is 5.44. The van der Waals surface area contributed by atoms with E-state index in [-0.39, 0.29) is 16.0 Å². The molecule has 0 saturated heterocycles. The first-order valence-corrected chi connectivity index (χ1v) is 8.84. The Hall–Kier alpha value is -2.61. The molecule has 2 heterocycles. The van der Waals surface area contributed by atoms with Crippen molar-refractivity contribution in [3.05, 3.63) is 57.8 Å². The molecule has 0 unspecified atom stereocenters. The summed E-state index contributed by atoms with van der Waals surface area (Å²) >= 11 is 0. The fraction of sp³-hybridized carbons (Fsp3) is 0.250. The van der Waals surface area contributed by atoms with Gasteiger partial charge in [-0.1, -0.05) is 12.1 Å². The predicted octanol–water partition coefficient (Wildman–Crippen LogP) is 1.76. The van der Waals surface area contributed by atoms with E-state index in [2.05, 4.69) is 9.82 Å². The van der Waals surface area contributed by atoms with Crippen LogP contribution in [0, 0.1) is 20.8 Å². The molecular weight excluding hydrogens is 328 g/mol. The molecule has 0 aliphatic carbocycles. The molecule has 1 N–H and O–H groups in total. The summed E-state index contributed by atoms with van der Waals surface area (Å²) in [5.74, 6) is 0.528. The Bertz CT molecular complexity index is 1110. The van der Waals surface area contributed by atoms with Gasteiger partial charge in [0, 0.05) is 13.2 Å². The third kappa shape index (κ3) is 2.58. The molecule has 1 aromatic carbocycles. The molecule has 126 valence electrons. The Balaban J connectivity index is 2.12. The SMILES string of the molecule is Cc1cccc(NS(=O)(=O)c2cc3c(=O)n(C)nc(C)n3c2)c1C. The molecule has 3 rings (SSSR count). The van der Waals surface area contributed by atoms with Gasteiger partial charge in [0.25, 0.3) is 15.6 Å². The second kappa shape index (κ2) is 5.48. The number of anilines is 1. The van der Waals surface area contributed by atoms with E-state index in [1.807, 2.05) is 19.9 Å². The van der Waals surface area contributed by atoms with Crippen LogP contribution >= 0.6 is 0 Å². The number of nitrogens with one attached hydrogen (secondary N) is 1. The molecule has 7 nitrogen and oxygen atoms in total. The fourth-order valence-corrected chi connectivity index (χ4v) is 3.70. The number of aromatic nitrogens is 3. The highest BCUT2D eigenvalue weighted by atomic mass is 32.2. The fourth-order valence-electron chi connectivity index (χ4n) is 2.56. The predicted molar refractivity (Wildman–Crippen MR) is 91.9 cm³/mol. The quantitative estimate of drug-likeness (QED) is 0.783. The van der Waals surface area contributed by atoms with Crippen molar-refractivity contribution in [1.29, 1.82) is 0 Å². The van der Waals surface area contributed by atoms with Crippen molar-refractivity contribution in [2.45, 2.75) is 25.7 Å². The number of hydrogen-bond acceptors (Lipinski definition) is 4. The minimum Gasteiger partial charge on any atom is -0.298 e. The van der Waals surface area contributed by atoms with Gasteiger partial charge in [-0.05, 0) is 44.0 Å². The number of nitrogens with zero attached hydrogens (tertiary/aromatic N) is 3. The van der Waals surface area contributed by atoms with Crippen LogP contribution in [0.25, 0.3) is 5.52 Å². The Kier molecular flexibility index (Phi) is 3.71. The van der Waals surface area contributed by atoms with Crippen molar-refractivity contribution in [2.75, 3.05) is 4.72 Å². The van der Waals surface area contributed by atoms with Crippen LogP contribution in [-0.4, -0.2) is 22.6 Å². The van der Waals surface area contributed by atoms with Crippen LogP contribution < -0.4 is 10.3 Å². The van der Waals surface area contributed by atoms with Crippen molar-refractivity contribution in [3.63, 3.8) is 0 Å². The molecule has 0 bridgehead atoms. The van der Waals surface area contributed by atoms with Crippen LogP contribution in [0.5, 0.6) is 0 Å². The summed E-state index contributed by atoms with van der Waals surface area (Å²) in [7, 11) is -2.27. The van der Waals surface area contributed by atoms with Crippen molar-refractivity contribution in [3.8, 4) is 0 Å². The lowest BCUT2D eigenvalue weighted by atomic mass is 10.1. The Morgan fingerprint density at radius 2 is 1.88 bits per heavy atom. The molecule has 0 atom stereocenters. The topological polar surface area (TPSA) is 85.5 Å². The van der Waals surface area contributed by atoms with Crippen LogP contribution in [-0.2, 0) is 17.1 Å². The molecule has 24 heavy (non-hydrogen) atoms. The maximum Gasteiger partial charge on any atom is 0.290 e. The van der Waals surface area contributed by atoms with Crippen LogP contribution in [0.2, 0.25) is 0 Å². The van der Waals surface area contributed by atoms with Crippen LogP contribution in [0.1, 0.15) is 17.0 Å². The highest BCUT2D eigenvalue weighted by Gasteiger charge is 2.20. The Morgan fingerprint density at radius 3 is 2.58 bits per heavy atom. The number of aryl methyl sites for hydroxylation is 3. The molecule has 2 aromatic heterocycles. The number of hydrogen-bond donors (Lipinski definition) is 1. The third-order valence-electron chi connectivity index (χ3n) is 4.11. The van der Waals surface area contributed by atoms with E-state index >= 15 is 0 Å². The standard InChI is InChI=1S/C16H18N4O3S/c1-10-6-5-7-14(11(10)2)18-24(22,23)13-8-15-16(21)19(4)17-12(3)20(15)9-13/h5-9,18H,1-4H3. The molecule has 0 amide bonds. The van der Waals surface area contributed by atoms with Crippen molar-refractivity contribution >= 4 is 21.2 Å². The van der Waals surface area contributed by atoms with Crippen molar-refractivity contribution in [1.82, 2.24) is 14.2 Å². The maximum atomic E-state index is 12.7. The summed E-state index contributed by atoms with van der Waals surface area (Å²) in [6.45, 7) is 5.48. The minimum atomic E-state index is -3.81. The summed E-state index contributed by atoms with van der Waals surface area (Å²) in [5, 5.41) is 4.06. The first-order valence-electron chi connectivity index (χ1n) is 7.36. The van der Waals surface area contributed by atoms with Crippen molar-refractivity contribution < 1.29 is 8.42 Å². The van der Waals surface area contributed by atoms with E-state index in [1.165, 1.54) is 28.4 Å². The number of rotatable bonds is 3. The molecule has 8 heteroatoms. The number of fused-ring (bicyclic) bond motifs is 1. The first-order chi connectivity index (χ1) is 11.2. The molecule has 0 fully saturated rings. The smallest absolute Gasteiger partial charge is 0.290 e. The van der Waals surface area contributed by atoms with Crippen LogP contribution in [0.15, 0.2) is 40.2 Å². The maximum absolute atomic E-state index is 12.7. The van der Waals surface area contributed by atoms with E-state index in [9.17, 15) is 13.2 Å². The zero-order valence-corrected chi connectivity index (χ0v) is 14.7. The monoisotopic (exact) mass is 346 g/mol. The van der Waals surface area contributed by atoms with E-state index in [0.717, 1.165) is 11.1 Å². The van der Waals surface area contributed by atoms with Gasteiger partial charge in [-0.2, -0.15) is 5.10 Å². The van der Waals surface area contributed by atoms with E-state index < -0.39 is 10.0 Å². The van der Waals surface area contributed by atoms with Crippen molar-refractivity contribution in [2.24, 2.45) is 7.05 Å². The van der Waals surface area contributed by atoms with Crippen LogP contribution in [0.3, 0.4) is 0 Å². The van der Waals surface area contributed by atoms with Gasteiger partial charge in [-0.3, -0.25) is 13.9 Å². The normalized spacial score (nSPS) is 11.8. The minimum absolute atomic E-state index is 0.0246. The average molecular weight is 346 g/mol. The highest BCUT2D eigenvalue weighted by Crippen LogP contribution is 2.23. The summed E-state index contributed by atoms with van der Waals surface area (Å²) < 4.78 is 30.6. The lowest BCUT2D eigenvalue weighted by molar-refractivity contribution is 0.601. The van der Waals surface area contributed by atoms with E-state index in [1.54, 1.807) is 19.1 Å². The van der Waals surface area contributed by atoms with Gasteiger partial charge in [-0.25, -0.2) is 13.1 Å². The highest BCUT2D eigenvalue weighted by molar-refractivity contribution is 7.92. The van der Waals surface area contributed by atoms with Gasteiger partial charge in [0.2, 0.25) is 0 Å². The van der Waals surface area contributed by atoms with E-state index in [4.69, 9.17) is 0 Å². The first kappa shape index (κ1) is 16.3. The number of benzene rings is 1. The molecule has 0 radical (unpaired) electrons. The zero-order chi connectivity index (χ0) is 17.6. The van der Waals surface area contributed by atoms with Gasteiger partial charge >= 0.3 is 0 Å².